The van der Waals surface area contributed by atoms with Gasteiger partial charge in [-0.25, -0.2) is 15.0 Å². The molecule has 0 saturated heterocycles. The van der Waals surface area contributed by atoms with Gasteiger partial charge in [0.05, 0.1) is 0 Å². The van der Waals surface area contributed by atoms with E-state index in [1.54, 1.807) is 43.4 Å². The summed E-state index contributed by atoms with van der Waals surface area (Å²) in [5.74, 6) is 1.04. The van der Waals surface area contributed by atoms with Gasteiger partial charge in [0.25, 0.3) is 11.5 Å². The summed E-state index contributed by atoms with van der Waals surface area (Å²) < 4.78 is 3.59. The van der Waals surface area contributed by atoms with Gasteiger partial charge in [-0.05, 0) is 62.3 Å². The molecule has 1 amide bonds. The van der Waals surface area contributed by atoms with Gasteiger partial charge in [-0.1, -0.05) is 13.8 Å². The number of nitrogens with one attached hydrogen (secondary N) is 1. The molecule has 0 saturated carbocycles. The van der Waals surface area contributed by atoms with Gasteiger partial charge in [0, 0.05) is 61.1 Å². The largest absolute Gasteiger partial charge is 0.504 e. The second-order valence-electron chi connectivity index (χ2n) is 11.7. The van der Waals surface area contributed by atoms with Crippen LogP contribution in [0.2, 0.25) is 0 Å². The maximum Gasteiger partial charge on any atom is 0.276 e. The van der Waals surface area contributed by atoms with Crippen LogP contribution < -0.4 is 15.8 Å². The Morgan fingerprint density at radius 2 is 1.80 bits per heavy atom. The molecule has 10 nitrogen and oxygen atoms in total. The summed E-state index contributed by atoms with van der Waals surface area (Å²) in [5.41, 5.74) is 6.00. The highest BCUT2D eigenvalue weighted by Crippen LogP contribution is 2.42. The minimum Gasteiger partial charge on any atom is -0.504 e. The fraction of sp³-hybridized carbons (Fsp3) is 0.367. The smallest absolute Gasteiger partial charge is 0.276 e. The van der Waals surface area contributed by atoms with Gasteiger partial charge in [0.15, 0.2) is 11.6 Å². The summed E-state index contributed by atoms with van der Waals surface area (Å²) in [6.45, 7) is 11.1. The molecule has 206 valence electrons. The third-order valence-corrected chi connectivity index (χ3v) is 7.80. The molecule has 4 aromatic rings. The standard InChI is InChI=1S/C30H33N7O3/c1-16-14-31-27(37-8-7-36-22(29(37)40)11-19-12-30(4,5)13-23(19)36)26(38)25(16)20-10-21(28(39)35(6)15-20)34-24-9-17(2)32-18(3)33-24/h9-11,14-15,38H,7-8,12-13H2,1-6H3,(H,32,33,34). The number of fused-ring (bicyclic) bond motifs is 3. The molecule has 1 aliphatic carbocycles. The first kappa shape index (κ1) is 25.8. The lowest BCUT2D eigenvalue weighted by atomic mass is 9.90. The molecule has 0 radical (unpaired) electrons. The number of nitrogens with zero attached hydrogens (tertiary/aromatic N) is 6. The Labute approximate surface area is 232 Å². The van der Waals surface area contributed by atoms with Crippen molar-refractivity contribution in [1.29, 1.82) is 0 Å². The van der Waals surface area contributed by atoms with Crippen molar-refractivity contribution in [2.45, 2.75) is 54.0 Å². The molecule has 0 bridgehead atoms. The molecule has 5 heterocycles. The maximum atomic E-state index is 13.7. The zero-order valence-corrected chi connectivity index (χ0v) is 23.7. The van der Waals surface area contributed by atoms with E-state index in [-0.39, 0.29) is 28.4 Å². The molecule has 0 unspecified atom stereocenters. The third-order valence-electron chi connectivity index (χ3n) is 7.80. The number of rotatable bonds is 4. The number of hydrogen-bond donors (Lipinski definition) is 2. The molecular formula is C30H33N7O3. The van der Waals surface area contributed by atoms with Crippen molar-refractivity contribution < 1.29 is 9.90 Å². The molecule has 40 heavy (non-hydrogen) atoms. The van der Waals surface area contributed by atoms with Crippen molar-refractivity contribution in [3.8, 4) is 16.9 Å². The van der Waals surface area contributed by atoms with Gasteiger partial charge in [-0.3, -0.25) is 14.5 Å². The van der Waals surface area contributed by atoms with E-state index in [9.17, 15) is 14.7 Å². The lowest BCUT2D eigenvalue weighted by Gasteiger charge is -2.30. The van der Waals surface area contributed by atoms with E-state index in [0.29, 0.717) is 52.8 Å². The molecule has 10 heteroatoms. The highest BCUT2D eigenvalue weighted by molar-refractivity contribution is 6.07. The van der Waals surface area contributed by atoms with Gasteiger partial charge in [-0.15, -0.1) is 0 Å². The van der Waals surface area contributed by atoms with Crippen LogP contribution >= 0.6 is 0 Å². The van der Waals surface area contributed by atoms with Crippen LogP contribution in [0.15, 0.2) is 35.4 Å². The molecule has 4 aromatic heterocycles. The van der Waals surface area contributed by atoms with E-state index in [1.165, 1.54) is 15.8 Å². The number of aromatic nitrogens is 5. The zero-order chi connectivity index (χ0) is 28.5. The highest BCUT2D eigenvalue weighted by Gasteiger charge is 2.37. The fourth-order valence-corrected chi connectivity index (χ4v) is 6.11. The summed E-state index contributed by atoms with van der Waals surface area (Å²) in [4.78, 5) is 41.4. The van der Waals surface area contributed by atoms with Crippen molar-refractivity contribution in [3.63, 3.8) is 0 Å². The van der Waals surface area contributed by atoms with Crippen molar-refractivity contribution in [3.05, 3.63) is 75.0 Å². The Morgan fingerprint density at radius 1 is 1.02 bits per heavy atom. The Bertz CT molecular complexity index is 1750. The molecule has 0 aromatic carbocycles. The van der Waals surface area contributed by atoms with Gasteiger partial charge < -0.3 is 19.6 Å². The lowest BCUT2D eigenvalue weighted by Crippen LogP contribution is -2.41. The molecule has 0 atom stereocenters. The second kappa shape index (κ2) is 9.04. The van der Waals surface area contributed by atoms with Crippen LogP contribution in [0.3, 0.4) is 0 Å². The number of carbonyl (C=O) groups excluding carboxylic acids is 1. The third kappa shape index (κ3) is 4.24. The van der Waals surface area contributed by atoms with Crippen LogP contribution in [0.25, 0.3) is 11.1 Å². The van der Waals surface area contributed by atoms with Crippen LogP contribution in [-0.4, -0.2) is 41.6 Å². The predicted molar refractivity (Wildman–Crippen MR) is 153 cm³/mol. The molecule has 2 N–H and O–H groups in total. The monoisotopic (exact) mass is 539 g/mol. The van der Waals surface area contributed by atoms with E-state index in [0.717, 1.165) is 18.5 Å². The number of aryl methyl sites for hydroxylation is 4. The van der Waals surface area contributed by atoms with Gasteiger partial charge in [0.1, 0.15) is 23.0 Å². The first-order valence-electron chi connectivity index (χ1n) is 13.4. The number of hydrogen-bond acceptors (Lipinski definition) is 7. The molecule has 1 aliphatic heterocycles. The minimum atomic E-state index is -0.243. The fourth-order valence-electron chi connectivity index (χ4n) is 6.11. The van der Waals surface area contributed by atoms with Gasteiger partial charge >= 0.3 is 0 Å². The van der Waals surface area contributed by atoms with Gasteiger partial charge in [0.2, 0.25) is 0 Å². The van der Waals surface area contributed by atoms with E-state index in [1.807, 2.05) is 19.9 Å². The summed E-state index contributed by atoms with van der Waals surface area (Å²) in [7, 11) is 1.66. The van der Waals surface area contributed by atoms with E-state index in [2.05, 4.69) is 38.7 Å². The van der Waals surface area contributed by atoms with Crippen LogP contribution in [-0.2, 0) is 26.4 Å². The SMILES string of the molecule is Cc1cc(Nc2cc(-c3c(C)cnc(N4CCn5c(cc6c5CC(C)(C)C6)C4=O)c3O)cn(C)c2=O)nc(C)n1. The van der Waals surface area contributed by atoms with Gasteiger partial charge in [-0.2, -0.15) is 0 Å². The molecule has 0 fully saturated rings. The normalized spacial score (nSPS) is 15.8. The molecule has 6 rings (SSSR count). The van der Waals surface area contributed by atoms with Crippen LogP contribution in [0, 0.1) is 26.2 Å². The van der Waals surface area contributed by atoms with Crippen molar-refractivity contribution in [1.82, 2.24) is 24.1 Å². The average molecular weight is 540 g/mol. The Kier molecular flexibility index (Phi) is 5.83. The first-order chi connectivity index (χ1) is 18.9. The first-order valence-corrected chi connectivity index (χ1v) is 13.4. The highest BCUT2D eigenvalue weighted by atomic mass is 16.3. The van der Waals surface area contributed by atoms with E-state index in [4.69, 9.17) is 0 Å². The average Bonchev–Trinajstić information content (AvgIpc) is 3.34. The Morgan fingerprint density at radius 3 is 2.55 bits per heavy atom. The minimum absolute atomic E-state index is 0.0969. The van der Waals surface area contributed by atoms with Crippen molar-refractivity contribution in [2.75, 3.05) is 16.8 Å². The summed E-state index contributed by atoms with van der Waals surface area (Å²) >= 11 is 0. The van der Waals surface area contributed by atoms with E-state index >= 15 is 0 Å². The number of amides is 1. The predicted octanol–water partition coefficient (Wildman–Crippen LogP) is 4.20. The second-order valence-corrected chi connectivity index (χ2v) is 11.7. The van der Waals surface area contributed by atoms with Crippen LogP contribution in [0.5, 0.6) is 5.75 Å². The quantitative estimate of drug-likeness (QED) is 0.399. The van der Waals surface area contributed by atoms with Crippen molar-refractivity contribution >= 4 is 23.2 Å². The maximum absolute atomic E-state index is 13.7. The molecule has 0 spiro atoms. The Hall–Kier alpha value is -4.47. The van der Waals surface area contributed by atoms with Crippen molar-refractivity contribution in [2.24, 2.45) is 12.5 Å². The topological polar surface area (TPSA) is 118 Å². The van der Waals surface area contributed by atoms with Crippen LogP contribution in [0.4, 0.5) is 17.3 Å². The number of carbonyl (C=O) groups is 1. The van der Waals surface area contributed by atoms with Crippen LogP contribution in [0.1, 0.15) is 52.7 Å². The number of aromatic hydroxyl groups is 1. The number of anilines is 3. The summed E-state index contributed by atoms with van der Waals surface area (Å²) in [5, 5.41) is 14.7. The number of pyridine rings is 2. The molecule has 2 aliphatic rings. The lowest BCUT2D eigenvalue weighted by molar-refractivity contribution is 0.0962. The summed E-state index contributed by atoms with van der Waals surface area (Å²) in [6, 6.07) is 5.46. The summed E-state index contributed by atoms with van der Waals surface area (Å²) in [6.07, 6.45) is 5.23. The zero-order valence-electron chi connectivity index (χ0n) is 23.7. The van der Waals surface area contributed by atoms with E-state index < -0.39 is 0 Å². The molecular weight excluding hydrogens is 506 g/mol. The Balaban J connectivity index is 1.38.